The lowest BCUT2D eigenvalue weighted by molar-refractivity contribution is -0.929. The van der Waals surface area contributed by atoms with Gasteiger partial charge in [0.2, 0.25) is 0 Å². The van der Waals surface area contributed by atoms with Crippen molar-refractivity contribution in [2.75, 3.05) is 20.2 Å². The number of aliphatic hydroxyl groups is 1. The Morgan fingerprint density at radius 1 is 1.44 bits per heavy atom. The Morgan fingerprint density at radius 2 is 2.28 bits per heavy atom. The van der Waals surface area contributed by atoms with Gasteiger partial charge in [-0.2, -0.15) is 0 Å². The summed E-state index contributed by atoms with van der Waals surface area (Å²) in [6.45, 7) is 5.01. The molecule has 5 nitrogen and oxygen atoms in total. The summed E-state index contributed by atoms with van der Waals surface area (Å²) < 4.78 is 5.00. The van der Waals surface area contributed by atoms with Crippen molar-refractivity contribution in [2.45, 2.75) is 25.0 Å². The minimum Gasteiger partial charge on any atom is -0.632 e. The quantitative estimate of drug-likeness (QED) is 0.527. The molecule has 0 spiro atoms. The first-order chi connectivity index (χ1) is 12.1. The number of hydrogen-bond acceptors (Lipinski definition) is 4. The lowest BCUT2D eigenvalue weighted by atomic mass is 9.73. The predicted molar refractivity (Wildman–Crippen MR) is 96.8 cm³/mol. The molecule has 5 rings (SSSR count). The summed E-state index contributed by atoms with van der Waals surface area (Å²) in [6, 6.07) is 7.12. The van der Waals surface area contributed by atoms with Crippen LogP contribution in [-0.4, -0.2) is 41.0 Å². The van der Waals surface area contributed by atoms with Crippen molar-refractivity contribution in [2.24, 2.45) is 11.8 Å². The van der Waals surface area contributed by atoms with Crippen LogP contribution < -0.4 is 4.74 Å². The van der Waals surface area contributed by atoms with Crippen molar-refractivity contribution < 1.29 is 14.5 Å². The number of pyridine rings is 1. The summed E-state index contributed by atoms with van der Waals surface area (Å²) >= 11 is 0. The first-order valence-corrected chi connectivity index (χ1v) is 8.87. The highest BCUT2D eigenvalue weighted by Crippen LogP contribution is 2.46. The normalized spacial score (nSPS) is 32.5. The molecule has 3 fully saturated rings. The summed E-state index contributed by atoms with van der Waals surface area (Å²) in [7, 11) is 1.62. The molecule has 3 aliphatic rings. The van der Waals surface area contributed by atoms with Crippen LogP contribution in [0.2, 0.25) is 0 Å². The van der Waals surface area contributed by atoms with Gasteiger partial charge >= 0.3 is 0 Å². The molecule has 3 saturated heterocycles. The molecular formula is C20H24N2O3. The molecule has 1 N–H and O–H groups in total. The number of fused-ring (bicyclic) bond motifs is 4. The van der Waals surface area contributed by atoms with Gasteiger partial charge in [0.1, 0.15) is 17.9 Å². The fraction of sp³-hybridized carbons (Fsp3) is 0.450. The number of methoxy groups -OCH3 is 1. The van der Waals surface area contributed by atoms with Crippen LogP contribution in [-0.2, 0) is 0 Å². The Balaban J connectivity index is 1.73. The van der Waals surface area contributed by atoms with Crippen molar-refractivity contribution in [3.63, 3.8) is 0 Å². The number of nitrogens with zero attached hydrogens (tertiary/aromatic N) is 2. The maximum absolute atomic E-state index is 13.4. The van der Waals surface area contributed by atoms with E-state index >= 15 is 0 Å². The van der Waals surface area contributed by atoms with Gasteiger partial charge in [-0.1, -0.05) is 6.08 Å². The van der Waals surface area contributed by atoms with E-state index in [1.807, 2.05) is 30.3 Å². The van der Waals surface area contributed by atoms with E-state index in [-0.39, 0.29) is 16.6 Å². The Bertz CT molecular complexity index is 809. The van der Waals surface area contributed by atoms with Gasteiger partial charge in [-0.05, 0) is 35.7 Å². The minimum absolute atomic E-state index is 0.268. The molecule has 0 aliphatic carbocycles. The summed E-state index contributed by atoms with van der Waals surface area (Å²) in [5.74, 6) is 1.44. The van der Waals surface area contributed by atoms with Crippen LogP contribution in [0.15, 0.2) is 43.1 Å². The zero-order chi connectivity index (χ0) is 17.6. The van der Waals surface area contributed by atoms with Gasteiger partial charge in [0.25, 0.3) is 0 Å². The lowest BCUT2D eigenvalue weighted by Gasteiger charge is -2.61. The molecule has 5 heteroatoms. The van der Waals surface area contributed by atoms with Crippen molar-refractivity contribution >= 4 is 10.9 Å². The third-order valence-electron chi connectivity index (χ3n) is 6.12. The van der Waals surface area contributed by atoms with Crippen LogP contribution in [0.4, 0.5) is 0 Å². The molecule has 0 radical (unpaired) electrons. The molecule has 2 bridgehead atoms. The van der Waals surface area contributed by atoms with E-state index in [1.54, 1.807) is 13.3 Å². The standard InChI is InChI=1S/C20H24N2O3/c1-3-13-12-22(24)9-7-14(13)10-19(22)20(23)16-6-8-21-18-5-4-15(25-2)11-17(16)18/h3-6,8,11,13-14,19-20,23H,1,7,9-10,12H2,2H3/t13-,14+,19-,20+,22?/m0/s1. The maximum atomic E-state index is 13.4. The Kier molecular flexibility index (Phi) is 4.02. The van der Waals surface area contributed by atoms with Gasteiger partial charge < -0.3 is 19.7 Å². The molecule has 3 aliphatic heterocycles. The van der Waals surface area contributed by atoms with Crippen LogP contribution in [0, 0.1) is 17.0 Å². The van der Waals surface area contributed by atoms with Gasteiger partial charge in [0.05, 0.1) is 25.7 Å². The highest BCUT2D eigenvalue weighted by atomic mass is 16.6. The van der Waals surface area contributed by atoms with E-state index in [0.717, 1.165) is 35.1 Å². The minimum atomic E-state index is -0.802. The van der Waals surface area contributed by atoms with Crippen molar-refractivity contribution in [3.05, 3.63) is 53.9 Å². The molecule has 1 aromatic heterocycles. The maximum Gasteiger partial charge on any atom is 0.132 e. The smallest absolute Gasteiger partial charge is 0.132 e. The van der Waals surface area contributed by atoms with E-state index < -0.39 is 6.10 Å². The zero-order valence-corrected chi connectivity index (χ0v) is 14.5. The second-order valence-electron chi connectivity index (χ2n) is 7.34. The molecule has 132 valence electrons. The van der Waals surface area contributed by atoms with Crippen LogP contribution in [0.5, 0.6) is 5.75 Å². The fourth-order valence-corrected chi connectivity index (χ4v) is 4.68. The second kappa shape index (κ2) is 6.09. The first kappa shape index (κ1) is 16.5. The van der Waals surface area contributed by atoms with Crippen molar-refractivity contribution in [1.29, 1.82) is 0 Å². The largest absolute Gasteiger partial charge is 0.632 e. The van der Waals surface area contributed by atoms with E-state index in [4.69, 9.17) is 4.74 Å². The topological polar surface area (TPSA) is 65.4 Å². The van der Waals surface area contributed by atoms with Crippen molar-refractivity contribution in [3.8, 4) is 5.75 Å². The Morgan fingerprint density at radius 3 is 3.00 bits per heavy atom. The summed E-state index contributed by atoms with van der Waals surface area (Å²) in [5.41, 5.74) is 1.57. The summed E-state index contributed by atoms with van der Waals surface area (Å²) in [6.07, 6.45) is 4.49. The number of aliphatic hydroxyl groups excluding tert-OH is 1. The summed E-state index contributed by atoms with van der Waals surface area (Å²) in [4.78, 5) is 4.37. The number of piperidine rings is 3. The lowest BCUT2D eigenvalue weighted by Crippen LogP contribution is -2.64. The van der Waals surface area contributed by atoms with Crippen LogP contribution >= 0.6 is 0 Å². The van der Waals surface area contributed by atoms with Crippen LogP contribution in [0.25, 0.3) is 10.9 Å². The van der Waals surface area contributed by atoms with Gasteiger partial charge in [0.15, 0.2) is 0 Å². The van der Waals surface area contributed by atoms with E-state index in [1.165, 1.54) is 0 Å². The predicted octanol–water partition coefficient (Wildman–Crippen LogP) is 3.19. The average molecular weight is 340 g/mol. The van der Waals surface area contributed by atoms with E-state index in [9.17, 15) is 10.3 Å². The van der Waals surface area contributed by atoms with Crippen LogP contribution in [0.3, 0.4) is 0 Å². The number of aromatic nitrogens is 1. The van der Waals surface area contributed by atoms with Crippen molar-refractivity contribution in [1.82, 2.24) is 4.98 Å². The highest BCUT2D eigenvalue weighted by Gasteiger charge is 2.49. The first-order valence-electron chi connectivity index (χ1n) is 8.87. The molecule has 0 amide bonds. The molecule has 1 aromatic carbocycles. The van der Waals surface area contributed by atoms with Gasteiger partial charge in [-0.25, -0.2) is 0 Å². The molecule has 0 saturated carbocycles. The SMILES string of the molecule is C=C[C@H]1C[N+]2([O-])CC[C@@H]1C[C@H]2[C@H](O)c1ccnc2ccc(OC)cc12. The Hall–Kier alpha value is -1.95. The van der Waals surface area contributed by atoms with Crippen LogP contribution in [0.1, 0.15) is 24.5 Å². The number of benzene rings is 1. The third kappa shape index (κ3) is 2.63. The fourth-order valence-electron chi connectivity index (χ4n) is 4.68. The number of hydrogen-bond donors (Lipinski definition) is 1. The number of ether oxygens (including phenoxy) is 1. The monoisotopic (exact) mass is 340 g/mol. The van der Waals surface area contributed by atoms with E-state index in [0.29, 0.717) is 19.0 Å². The number of quaternary nitrogens is 1. The third-order valence-corrected chi connectivity index (χ3v) is 6.12. The number of hydroxylamine groups is 3. The average Bonchev–Trinajstić information content (AvgIpc) is 2.66. The Labute approximate surface area is 147 Å². The summed E-state index contributed by atoms with van der Waals surface area (Å²) in [5, 5.41) is 25.4. The van der Waals surface area contributed by atoms with Gasteiger partial charge in [0, 0.05) is 30.3 Å². The molecular weight excluding hydrogens is 316 g/mol. The molecule has 4 heterocycles. The molecule has 25 heavy (non-hydrogen) atoms. The zero-order valence-electron chi connectivity index (χ0n) is 14.5. The molecule has 2 aromatic rings. The molecule has 5 atom stereocenters. The van der Waals surface area contributed by atoms with E-state index in [2.05, 4.69) is 11.6 Å². The second-order valence-corrected chi connectivity index (χ2v) is 7.34. The van der Waals surface area contributed by atoms with Gasteiger partial charge in [-0.3, -0.25) is 4.98 Å². The van der Waals surface area contributed by atoms with Gasteiger partial charge in [-0.15, -0.1) is 6.58 Å². The number of rotatable bonds is 4. The molecule has 1 unspecified atom stereocenters. The highest BCUT2D eigenvalue weighted by molar-refractivity contribution is 5.83.